The van der Waals surface area contributed by atoms with Gasteiger partial charge in [-0.2, -0.15) is 0 Å². The first-order valence-electron chi connectivity index (χ1n) is 15.1. The van der Waals surface area contributed by atoms with Gasteiger partial charge in [0.25, 0.3) is 0 Å². The van der Waals surface area contributed by atoms with Crippen molar-refractivity contribution in [2.75, 3.05) is 72.0 Å². The number of carbonyl (C=O) groups excluding carboxylic acids is 3. The summed E-state index contributed by atoms with van der Waals surface area (Å²) < 4.78 is 5.61. The number of aromatic carboxylic acids is 1. The summed E-state index contributed by atoms with van der Waals surface area (Å²) in [6.45, 7) is 19.2. The molecular weight excluding hydrogens is 536 g/mol. The van der Waals surface area contributed by atoms with Crippen LogP contribution in [0.3, 0.4) is 0 Å². The van der Waals surface area contributed by atoms with Gasteiger partial charge in [-0.05, 0) is 64.7 Å². The van der Waals surface area contributed by atoms with Gasteiger partial charge in [0, 0.05) is 58.4 Å². The summed E-state index contributed by atoms with van der Waals surface area (Å²) in [6.07, 6.45) is 0.536. The summed E-state index contributed by atoms with van der Waals surface area (Å²) in [6, 6.07) is 6.79. The normalized spacial score (nSPS) is 19.2. The largest absolute Gasteiger partial charge is 0.478 e. The molecule has 0 radical (unpaired) electrons. The summed E-state index contributed by atoms with van der Waals surface area (Å²) in [5.41, 5.74) is 0.522. The first-order valence-corrected chi connectivity index (χ1v) is 15.1. The number of carboxylic acid groups (broad SMARTS) is 1. The van der Waals surface area contributed by atoms with Crippen molar-refractivity contribution in [3.8, 4) is 0 Å². The van der Waals surface area contributed by atoms with Crippen molar-refractivity contribution in [3.05, 3.63) is 35.4 Å². The fourth-order valence-electron chi connectivity index (χ4n) is 5.41. The Labute approximate surface area is 252 Å². The van der Waals surface area contributed by atoms with E-state index in [1.807, 2.05) is 26.8 Å². The average Bonchev–Trinajstić information content (AvgIpc) is 2.84. The summed E-state index contributed by atoms with van der Waals surface area (Å²) in [4.78, 5) is 58.0. The standard InChI is InChI=1S/C32H52N4O6/c1-24(2)19-33-11-12-34(23-30(39)42-32(5,6)7)13-14-35(20-25(3)37)22-29(36(16-15-33)21-26(4)38)18-27-9-8-10-28(17-27)31(40)41/h8-10,17,24,29H,11-16,18-23H2,1-7H3,(H,40,41). The zero-order chi connectivity index (χ0) is 31.4. The maximum atomic E-state index is 12.8. The van der Waals surface area contributed by atoms with Crippen molar-refractivity contribution >= 4 is 23.5 Å². The molecule has 0 aliphatic carbocycles. The van der Waals surface area contributed by atoms with E-state index in [9.17, 15) is 24.3 Å². The number of hydrogen-bond acceptors (Lipinski definition) is 9. The number of ether oxygens (including phenoxy) is 1. The topological polar surface area (TPSA) is 111 Å². The zero-order valence-corrected chi connectivity index (χ0v) is 26.7. The predicted molar refractivity (Wildman–Crippen MR) is 164 cm³/mol. The van der Waals surface area contributed by atoms with Gasteiger partial charge in [-0.25, -0.2) is 4.79 Å². The van der Waals surface area contributed by atoms with Gasteiger partial charge in [0.1, 0.15) is 17.2 Å². The molecule has 1 saturated heterocycles. The highest BCUT2D eigenvalue weighted by atomic mass is 16.6. The summed E-state index contributed by atoms with van der Waals surface area (Å²) >= 11 is 0. The molecule has 236 valence electrons. The Morgan fingerprint density at radius 1 is 0.881 bits per heavy atom. The molecule has 1 heterocycles. The van der Waals surface area contributed by atoms with Gasteiger partial charge in [0.15, 0.2) is 0 Å². The molecule has 2 rings (SSSR count). The smallest absolute Gasteiger partial charge is 0.335 e. The quantitative estimate of drug-likeness (QED) is 0.388. The Hall–Kier alpha value is -2.66. The van der Waals surface area contributed by atoms with Crippen LogP contribution in [0, 0.1) is 5.92 Å². The Bertz CT molecular complexity index is 1050. The molecule has 1 aromatic rings. The summed E-state index contributed by atoms with van der Waals surface area (Å²) in [5, 5.41) is 9.54. The van der Waals surface area contributed by atoms with Crippen LogP contribution >= 0.6 is 0 Å². The number of benzene rings is 1. The first-order chi connectivity index (χ1) is 19.6. The summed E-state index contributed by atoms with van der Waals surface area (Å²) in [5.74, 6) is -0.716. The van der Waals surface area contributed by atoms with Crippen LogP contribution in [-0.4, -0.2) is 132 Å². The molecule has 1 aromatic carbocycles. The molecule has 10 nitrogen and oxygen atoms in total. The van der Waals surface area contributed by atoms with Crippen molar-refractivity contribution < 1.29 is 29.0 Å². The number of Topliss-reactive ketones (excluding diaryl/α,β-unsaturated/α-hetero) is 2. The van der Waals surface area contributed by atoms with Gasteiger partial charge in [-0.3, -0.25) is 29.1 Å². The number of nitrogens with zero attached hydrogens (tertiary/aromatic N) is 4. The number of carbonyl (C=O) groups is 4. The second kappa shape index (κ2) is 16.8. The van der Waals surface area contributed by atoms with Crippen molar-refractivity contribution in [1.82, 2.24) is 19.6 Å². The predicted octanol–water partition coefficient (Wildman–Crippen LogP) is 2.69. The molecule has 1 atom stereocenters. The van der Waals surface area contributed by atoms with E-state index >= 15 is 0 Å². The number of rotatable bonds is 11. The van der Waals surface area contributed by atoms with E-state index in [1.54, 1.807) is 32.0 Å². The number of hydrogen-bond donors (Lipinski definition) is 1. The van der Waals surface area contributed by atoms with Crippen LogP contribution in [0.5, 0.6) is 0 Å². The Kier molecular flexibility index (Phi) is 14.2. The lowest BCUT2D eigenvalue weighted by molar-refractivity contribution is -0.156. The van der Waals surface area contributed by atoms with Gasteiger partial charge in [-0.1, -0.05) is 26.0 Å². The lowest BCUT2D eigenvalue weighted by atomic mass is 10.0. The third-order valence-corrected chi connectivity index (χ3v) is 7.07. The maximum absolute atomic E-state index is 12.8. The molecule has 0 amide bonds. The van der Waals surface area contributed by atoms with Crippen molar-refractivity contribution in [3.63, 3.8) is 0 Å². The van der Waals surface area contributed by atoms with E-state index in [0.717, 1.165) is 25.2 Å². The monoisotopic (exact) mass is 588 g/mol. The van der Waals surface area contributed by atoms with Crippen molar-refractivity contribution in [2.24, 2.45) is 5.92 Å². The summed E-state index contributed by atoms with van der Waals surface area (Å²) in [7, 11) is 0. The lowest BCUT2D eigenvalue weighted by Crippen LogP contribution is -2.53. The number of esters is 1. The minimum Gasteiger partial charge on any atom is -0.478 e. The minimum absolute atomic E-state index is 0.0358. The van der Waals surface area contributed by atoms with E-state index < -0.39 is 11.6 Å². The fraction of sp³-hybridized carbons (Fsp3) is 0.688. The number of ketones is 2. The zero-order valence-electron chi connectivity index (χ0n) is 26.7. The molecule has 1 unspecified atom stereocenters. The lowest BCUT2D eigenvalue weighted by Gasteiger charge is -2.38. The SMILES string of the molecule is CC(=O)CN1CCN(CC(=O)OC(C)(C)C)CCN(CC(C)C)CCN(CC(C)=O)C(Cc2cccc(C(=O)O)c2)C1. The van der Waals surface area contributed by atoms with Crippen LogP contribution in [0.1, 0.15) is 64.4 Å². The van der Waals surface area contributed by atoms with Crippen LogP contribution < -0.4 is 0 Å². The fourth-order valence-corrected chi connectivity index (χ4v) is 5.41. The van der Waals surface area contributed by atoms with E-state index in [4.69, 9.17) is 4.74 Å². The molecule has 10 heteroatoms. The van der Waals surface area contributed by atoms with E-state index in [1.165, 1.54) is 0 Å². The molecular formula is C32H52N4O6. The third kappa shape index (κ3) is 14.0. The van der Waals surface area contributed by atoms with Gasteiger partial charge < -0.3 is 14.7 Å². The van der Waals surface area contributed by atoms with Gasteiger partial charge in [-0.15, -0.1) is 0 Å². The highest BCUT2D eigenvalue weighted by Gasteiger charge is 2.27. The second-order valence-electron chi connectivity index (χ2n) is 13.0. The molecule has 1 aliphatic heterocycles. The molecule has 42 heavy (non-hydrogen) atoms. The molecule has 0 spiro atoms. The molecule has 1 fully saturated rings. The van der Waals surface area contributed by atoms with E-state index in [-0.39, 0.29) is 48.8 Å². The molecule has 1 aliphatic rings. The van der Waals surface area contributed by atoms with Crippen molar-refractivity contribution in [2.45, 2.75) is 66.5 Å². The minimum atomic E-state index is -0.983. The molecule has 0 saturated carbocycles. The molecule has 1 N–H and O–H groups in total. The van der Waals surface area contributed by atoms with Crippen LogP contribution in [-0.2, 0) is 25.5 Å². The molecule has 0 bridgehead atoms. The van der Waals surface area contributed by atoms with Gasteiger partial charge >= 0.3 is 11.9 Å². The first kappa shape index (κ1) is 35.5. The highest BCUT2D eigenvalue weighted by Crippen LogP contribution is 2.16. The Balaban J connectivity index is 2.43. The van der Waals surface area contributed by atoms with Crippen LogP contribution in [0.2, 0.25) is 0 Å². The van der Waals surface area contributed by atoms with Gasteiger partial charge in [0.05, 0.1) is 25.2 Å². The second-order valence-corrected chi connectivity index (χ2v) is 13.0. The van der Waals surface area contributed by atoms with Crippen LogP contribution in [0.25, 0.3) is 0 Å². The Morgan fingerprint density at radius 3 is 2.05 bits per heavy atom. The Morgan fingerprint density at radius 2 is 1.48 bits per heavy atom. The highest BCUT2D eigenvalue weighted by molar-refractivity contribution is 5.87. The van der Waals surface area contributed by atoms with Crippen LogP contribution in [0.15, 0.2) is 24.3 Å². The van der Waals surface area contributed by atoms with Crippen molar-refractivity contribution in [1.29, 1.82) is 0 Å². The number of carboxylic acids is 1. The van der Waals surface area contributed by atoms with Crippen LogP contribution in [0.4, 0.5) is 0 Å². The van der Waals surface area contributed by atoms with Gasteiger partial charge in [0.2, 0.25) is 0 Å². The van der Waals surface area contributed by atoms with E-state index in [0.29, 0.717) is 45.1 Å². The third-order valence-electron chi connectivity index (χ3n) is 7.07. The van der Waals surface area contributed by atoms with E-state index in [2.05, 4.69) is 33.4 Å². The average molecular weight is 589 g/mol. The molecule has 0 aromatic heterocycles. The maximum Gasteiger partial charge on any atom is 0.335 e.